The van der Waals surface area contributed by atoms with Gasteiger partial charge >= 0.3 is 0 Å². The van der Waals surface area contributed by atoms with Gasteiger partial charge in [0.1, 0.15) is 0 Å². The van der Waals surface area contributed by atoms with E-state index in [1.54, 1.807) is 6.07 Å². The topological polar surface area (TPSA) is 12.0 Å². The van der Waals surface area contributed by atoms with Crippen molar-refractivity contribution in [3.05, 3.63) is 46.6 Å². The first-order chi connectivity index (χ1) is 8.61. The van der Waals surface area contributed by atoms with Gasteiger partial charge in [-0.2, -0.15) is 0 Å². The maximum absolute atomic E-state index is 13.1. The minimum Gasteiger partial charge on any atom is -0.312 e. The van der Waals surface area contributed by atoms with Gasteiger partial charge in [0.05, 0.1) is 0 Å². The van der Waals surface area contributed by atoms with Gasteiger partial charge in [-0.25, -0.2) is 13.2 Å². The Morgan fingerprint density at radius 3 is 2.39 bits per heavy atom. The van der Waals surface area contributed by atoms with Gasteiger partial charge in [0.25, 0.3) is 0 Å². The molecule has 0 amide bonds. The van der Waals surface area contributed by atoms with E-state index in [0.717, 1.165) is 28.4 Å². The van der Waals surface area contributed by atoms with Crippen LogP contribution in [0.5, 0.6) is 0 Å². The van der Waals surface area contributed by atoms with Crippen molar-refractivity contribution in [3.8, 4) is 10.4 Å². The van der Waals surface area contributed by atoms with Crippen molar-refractivity contribution < 1.29 is 13.2 Å². The molecule has 0 saturated heterocycles. The van der Waals surface area contributed by atoms with Crippen LogP contribution in [-0.4, -0.2) is 6.54 Å². The van der Waals surface area contributed by atoms with Crippen LogP contribution in [0.4, 0.5) is 13.2 Å². The second-order valence-corrected chi connectivity index (χ2v) is 4.97. The Morgan fingerprint density at radius 2 is 1.78 bits per heavy atom. The van der Waals surface area contributed by atoms with Crippen LogP contribution in [0.25, 0.3) is 10.4 Å². The molecule has 0 bridgehead atoms. The minimum absolute atomic E-state index is 0.360. The van der Waals surface area contributed by atoms with Crippen molar-refractivity contribution in [1.29, 1.82) is 0 Å². The fourth-order valence-electron chi connectivity index (χ4n) is 1.57. The largest absolute Gasteiger partial charge is 0.312 e. The Hall–Kier alpha value is -1.33. The molecular weight excluding hydrogens is 259 g/mol. The number of rotatable bonds is 4. The zero-order valence-electron chi connectivity index (χ0n) is 9.77. The fourth-order valence-corrected chi connectivity index (χ4v) is 2.54. The maximum Gasteiger partial charge on any atom is 0.194 e. The molecule has 5 heteroatoms. The highest BCUT2D eigenvalue weighted by Gasteiger charge is 2.12. The number of hydrogen-bond donors (Lipinski definition) is 1. The van der Waals surface area contributed by atoms with E-state index in [0.29, 0.717) is 12.1 Å². The molecule has 1 nitrogen and oxygen atoms in total. The van der Waals surface area contributed by atoms with Crippen molar-refractivity contribution in [2.24, 2.45) is 0 Å². The van der Waals surface area contributed by atoms with Crippen LogP contribution < -0.4 is 5.32 Å². The Bertz CT molecular complexity index is 528. The van der Waals surface area contributed by atoms with E-state index in [-0.39, 0.29) is 0 Å². The number of halogens is 3. The molecule has 2 rings (SSSR count). The number of thiophene rings is 1. The molecule has 0 aliphatic heterocycles. The van der Waals surface area contributed by atoms with Crippen LogP contribution in [0.2, 0.25) is 0 Å². The van der Waals surface area contributed by atoms with Gasteiger partial charge in [0.15, 0.2) is 17.5 Å². The molecule has 0 spiro atoms. The fraction of sp³-hybridized carbons (Fsp3) is 0.231. The minimum atomic E-state index is -1.43. The van der Waals surface area contributed by atoms with Gasteiger partial charge in [0, 0.05) is 16.3 Å². The highest BCUT2D eigenvalue weighted by Crippen LogP contribution is 2.30. The summed E-state index contributed by atoms with van der Waals surface area (Å²) in [4.78, 5) is 1.79. The summed E-state index contributed by atoms with van der Waals surface area (Å²) in [5.74, 6) is -3.75. The van der Waals surface area contributed by atoms with Gasteiger partial charge in [-0.3, -0.25) is 0 Å². The van der Waals surface area contributed by atoms with E-state index in [2.05, 4.69) is 5.32 Å². The summed E-state index contributed by atoms with van der Waals surface area (Å²) >= 11 is 1.43. The molecule has 0 aliphatic carbocycles. The summed E-state index contributed by atoms with van der Waals surface area (Å²) in [5, 5.41) is 3.16. The Labute approximate surface area is 107 Å². The lowest BCUT2D eigenvalue weighted by atomic mass is 10.1. The number of benzene rings is 1. The lowest BCUT2D eigenvalue weighted by Gasteiger charge is -2.01. The zero-order chi connectivity index (χ0) is 13.1. The van der Waals surface area contributed by atoms with Gasteiger partial charge < -0.3 is 5.32 Å². The molecule has 0 fully saturated rings. The number of nitrogens with one attached hydrogen (secondary N) is 1. The normalized spacial score (nSPS) is 10.9. The summed E-state index contributed by atoms with van der Waals surface area (Å²) in [7, 11) is 0. The molecule has 0 atom stereocenters. The van der Waals surface area contributed by atoms with Crippen LogP contribution in [0.15, 0.2) is 24.3 Å². The second-order valence-electron chi connectivity index (χ2n) is 3.80. The average Bonchev–Trinajstić information content (AvgIpc) is 2.81. The lowest BCUT2D eigenvalue weighted by molar-refractivity contribution is 0.448. The van der Waals surface area contributed by atoms with E-state index < -0.39 is 17.5 Å². The summed E-state index contributed by atoms with van der Waals surface area (Å²) in [5.41, 5.74) is 0.360. The molecule has 0 aliphatic rings. The monoisotopic (exact) mass is 271 g/mol. The van der Waals surface area contributed by atoms with E-state index in [9.17, 15) is 13.2 Å². The molecule has 0 unspecified atom stereocenters. The Balaban J connectivity index is 2.28. The van der Waals surface area contributed by atoms with E-state index >= 15 is 0 Å². The smallest absolute Gasteiger partial charge is 0.194 e. The predicted molar refractivity (Wildman–Crippen MR) is 67.0 cm³/mol. The first kappa shape index (κ1) is 13.1. The van der Waals surface area contributed by atoms with E-state index in [1.165, 1.54) is 11.3 Å². The van der Waals surface area contributed by atoms with E-state index in [1.807, 2.05) is 13.0 Å². The third kappa shape index (κ3) is 2.73. The van der Waals surface area contributed by atoms with Crippen molar-refractivity contribution in [2.75, 3.05) is 6.54 Å². The Kier molecular flexibility index (Phi) is 4.04. The maximum atomic E-state index is 13.1. The van der Waals surface area contributed by atoms with Crippen LogP contribution >= 0.6 is 11.3 Å². The van der Waals surface area contributed by atoms with Crippen molar-refractivity contribution >= 4 is 11.3 Å². The standard InChI is InChI=1S/C13H12F3NS/c1-2-17-7-9-3-4-12(18-9)8-5-10(14)13(16)11(15)6-8/h3-6,17H,2,7H2,1H3. The molecule has 0 radical (unpaired) electrons. The predicted octanol–water partition coefficient (Wildman–Crippen LogP) is 3.94. The average molecular weight is 271 g/mol. The molecule has 1 N–H and O–H groups in total. The molecular formula is C13H12F3NS. The van der Waals surface area contributed by atoms with Gasteiger partial charge in [0.2, 0.25) is 0 Å². The molecule has 1 aromatic heterocycles. The van der Waals surface area contributed by atoms with Crippen LogP contribution in [0.1, 0.15) is 11.8 Å². The molecule has 2 aromatic rings. The first-order valence-corrected chi connectivity index (χ1v) is 6.37. The Morgan fingerprint density at radius 1 is 1.11 bits per heavy atom. The summed E-state index contributed by atoms with van der Waals surface area (Å²) in [6.07, 6.45) is 0. The number of hydrogen-bond acceptors (Lipinski definition) is 2. The third-order valence-electron chi connectivity index (χ3n) is 2.48. The first-order valence-electron chi connectivity index (χ1n) is 5.56. The van der Waals surface area contributed by atoms with Gasteiger partial charge in [-0.15, -0.1) is 11.3 Å². The molecule has 18 heavy (non-hydrogen) atoms. The summed E-state index contributed by atoms with van der Waals surface area (Å²) < 4.78 is 39.1. The van der Waals surface area contributed by atoms with Crippen molar-refractivity contribution in [3.63, 3.8) is 0 Å². The van der Waals surface area contributed by atoms with Crippen LogP contribution in [0.3, 0.4) is 0 Å². The third-order valence-corrected chi connectivity index (χ3v) is 3.61. The molecule has 0 saturated carbocycles. The van der Waals surface area contributed by atoms with Crippen LogP contribution in [0, 0.1) is 17.5 Å². The summed E-state index contributed by atoms with van der Waals surface area (Å²) in [6, 6.07) is 5.70. The van der Waals surface area contributed by atoms with Crippen molar-refractivity contribution in [1.82, 2.24) is 5.32 Å². The summed E-state index contributed by atoms with van der Waals surface area (Å²) in [6.45, 7) is 3.57. The zero-order valence-corrected chi connectivity index (χ0v) is 10.6. The SMILES string of the molecule is CCNCc1ccc(-c2cc(F)c(F)c(F)c2)s1. The molecule has 1 aromatic carbocycles. The van der Waals surface area contributed by atoms with Gasteiger partial charge in [-0.05, 0) is 36.4 Å². The highest BCUT2D eigenvalue weighted by atomic mass is 32.1. The highest BCUT2D eigenvalue weighted by molar-refractivity contribution is 7.15. The van der Waals surface area contributed by atoms with Crippen molar-refractivity contribution in [2.45, 2.75) is 13.5 Å². The molecule has 1 heterocycles. The molecule has 96 valence electrons. The lowest BCUT2D eigenvalue weighted by Crippen LogP contribution is -2.10. The second kappa shape index (κ2) is 5.54. The van der Waals surface area contributed by atoms with Gasteiger partial charge in [-0.1, -0.05) is 6.92 Å². The van der Waals surface area contributed by atoms with Crippen LogP contribution in [-0.2, 0) is 6.54 Å². The quantitative estimate of drug-likeness (QED) is 0.830. The van der Waals surface area contributed by atoms with E-state index in [4.69, 9.17) is 0 Å².